The fourth-order valence-electron chi connectivity index (χ4n) is 1.98. The van der Waals surface area contributed by atoms with Gasteiger partial charge >= 0.3 is 0 Å². The number of benzene rings is 1. The van der Waals surface area contributed by atoms with E-state index in [9.17, 15) is 4.79 Å². The summed E-state index contributed by atoms with van der Waals surface area (Å²) >= 11 is 1.53. The third-order valence-electron chi connectivity index (χ3n) is 3.41. The molecular formula is C18H18N4OS. The van der Waals surface area contributed by atoms with Crippen molar-refractivity contribution in [3.63, 3.8) is 0 Å². The van der Waals surface area contributed by atoms with Crippen LogP contribution >= 0.6 is 11.3 Å². The summed E-state index contributed by atoms with van der Waals surface area (Å²) in [6.45, 7) is 5.67. The van der Waals surface area contributed by atoms with E-state index in [2.05, 4.69) is 20.3 Å². The molecule has 1 amide bonds. The number of amides is 1. The second-order valence-electron chi connectivity index (χ2n) is 6.41. The Bertz CT molecular complexity index is 835. The largest absolute Gasteiger partial charge is 0.326 e. The fraction of sp³-hybridized carbons (Fsp3) is 0.222. The van der Waals surface area contributed by atoms with E-state index in [0.717, 1.165) is 27.6 Å². The summed E-state index contributed by atoms with van der Waals surface area (Å²) in [5.41, 5.74) is 3.01. The standard InChI is InChI=1S/C18H18N4OS/c1-18(2,3)17(23)21-13-6-4-12(5-7-13)15-11-24-16(22-15)14-10-19-8-9-20-14/h4-11H,1-3H3,(H,21,23). The molecule has 6 heteroatoms. The van der Waals surface area contributed by atoms with Gasteiger partial charge in [-0.1, -0.05) is 32.9 Å². The average Bonchev–Trinajstić information content (AvgIpc) is 3.05. The molecule has 0 saturated heterocycles. The number of anilines is 1. The molecule has 1 aromatic carbocycles. The van der Waals surface area contributed by atoms with Gasteiger partial charge in [-0.15, -0.1) is 11.3 Å². The summed E-state index contributed by atoms with van der Waals surface area (Å²) in [5, 5.41) is 5.75. The van der Waals surface area contributed by atoms with Gasteiger partial charge in [-0.25, -0.2) is 4.98 Å². The minimum Gasteiger partial charge on any atom is -0.326 e. The predicted octanol–water partition coefficient (Wildman–Crippen LogP) is 4.25. The van der Waals surface area contributed by atoms with Gasteiger partial charge in [0.05, 0.1) is 11.9 Å². The van der Waals surface area contributed by atoms with Crippen LogP contribution in [-0.4, -0.2) is 20.9 Å². The van der Waals surface area contributed by atoms with E-state index in [-0.39, 0.29) is 5.91 Å². The van der Waals surface area contributed by atoms with Crippen LogP contribution in [0.15, 0.2) is 48.2 Å². The Labute approximate surface area is 144 Å². The molecule has 3 rings (SSSR count). The smallest absolute Gasteiger partial charge is 0.229 e. The first-order chi connectivity index (χ1) is 11.4. The Kier molecular flexibility index (Phi) is 4.40. The molecule has 2 heterocycles. The molecule has 122 valence electrons. The molecule has 0 saturated carbocycles. The molecule has 0 radical (unpaired) electrons. The van der Waals surface area contributed by atoms with Crippen LogP contribution in [-0.2, 0) is 4.79 Å². The van der Waals surface area contributed by atoms with Crippen molar-refractivity contribution in [2.24, 2.45) is 5.41 Å². The van der Waals surface area contributed by atoms with Crippen LogP contribution < -0.4 is 5.32 Å². The Morgan fingerprint density at radius 2 is 1.83 bits per heavy atom. The zero-order valence-corrected chi connectivity index (χ0v) is 14.6. The van der Waals surface area contributed by atoms with Crippen LogP contribution in [0.4, 0.5) is 5.69 Å². The van der Waals surface area contributed by atoms with Gasteiger partial charge in [-0.2, -0.15) is 0 Å². The van der Waals surface area contributed by atoms with Gasteiger partial charge in [-0.3, -0.25) is 14.8 Å². The van der Waals surface area contributed by atoms with Crippen molar-refractivity contribution in [2.75, 3.05) is 5.32 Å². The van der Waals surface area contributed by atoms with Crippen molar-refractivity contribution in [3.05, 3.63) is 48.2 Å². The molecule has 0 unspecified atom stereocenters. The fourth-order valence-corrected chi connectivity index (χ4v) is 2.77. The number of hydrogen-bond acceptors (Lipinski definition) is 5. The number of nitrogens with zero attached hydrogens (tertiary/aromatic N) is 3. The highest BCUT2D eigenvalue weighted by atomic mass is 32.1. The number of aromatic nitrogens is 3. The van der Waals surface area contributed by atoms with E-state index < -0.39 is 5.41 Å². The van der Waals surface area contributed by atoms with Crippen LogP contribution in [0.5, 0.6) is 0 Å². The van der Waals surface area contributed by atoms with Crippen molar-refractivity contribution in [1.29, 1.82) is 0 Å². The highest BCUT2D eigenvalue weighted by Gasteiger charge is 2.21. The SMILES string of the molecule is CC(C)(C)C(=O)Nc1ccc(-c2csc(-c3cnccn3)n2)cc1. The molecule has 0 fully saturated rings. The van der Waals surface area contributed by atoms with Gasteiger partial charge in [0.25, 0.3) is 0 Å². The lowest BCUT2D eigenvalue weighted by Crippen LogP contribution is -2.27. The molecule has 24 heavy (non-hydrogen) atoms. The van der Waals surface area contributed by atoms with E-state index >= 15 is 0 Å². The highest BCUT2D eigenvalue weighted by Crippen LogP contribution is 2.28. The molecule has 0 atom stereocenters. The average molecular weight is 338 g/mol. The molecule has 0 spiro atoms. The maximum atomic E-state index is 12.0. The maximum absolute atomic E-state index is 12.0. The molecule has 3 aromatic rings. The first-order valence-corrected chi connectivity index (χ1v) is 8.45. The van der Waals surface area contributed by atoms with Crippen LogP contribution in [0, 0.1) is 5.41 Å². The molecular weight excluding hydrogens is 320 g/mol. The van der Waals surface area contributed by atoms with E-state index in [0.29, 0.717) is 0 Å². The van der Waals surface area contributed by atoms with E-state index in [1.165, 1.54) is 11.3 Å². The van der Waals surface area contributed by atoms with Gasteiger partial charge in [0.2, 0.25) is 5.91 Å². The number of thiazole rings is 1. The molecule has 0 aliphatic rings. The lowest BCUT2D eigenvalue weighted by atomic mass is 9.95. The molecule has 5 nitrogen and oxygen atoms in total. The topological polar surface area (TPSA) is 67.8 Å². The van der Waals surface area contributed by atoms with Crippen LogP contribution in [0.2, 0.25) is 0 Å². The summed E-state index contributed by atoms with van der Waals surface area (Å²) in [6, 6.07) is 7.68. The summed E-state index contributed by atoms with van der Waals surface area (Å²) in [7, 11) is 0. The van der Waals surface area contributed by atoms with Crippen molar-refractivity contribution in [1.82, 2.24) is 15.0 Å². The monoisotopic (exact) mass is 338 g/mol. The Morgan fingerprint density at radius 1 is 1.08 bits per heavy atom. The van der Waals surface area contributed by atoms with E-state index in [1.54, 1.807) is 18.6 Å². The second kappa shape index (κ2) is 6.49. The molecule has 1 N–H and O–H groups in total. The lowest BCUT2D eigenvalue weighted by molar-refractivity contribution is -0.123. The number of rotatable bonds is 3. The summed E-state index contributed by atoms with van der Waals surface area (Å²) in [5.74, 6) is -0.00570. The van der Waals surface area contributed by atoms with Crippen molar-refractivity contribution in [3.8, 4) is 22.0 Å². The van der Waals surface area contributed by atoms with Crippen LogP contribution in [0.1, 0.15) is 20.8 Å². The number of carbonyl (C=O) groups is 1. The Hall–Kier alpha value is -2.60. The number of nitrogens with one attached hydrogen (secondary N) is 1. The minimum absolute atomic E-state index is 0.00570. The van der Waals surface area contributed by atoms with Gasteiger partial charge in [0.1, 0.15) is 10.7 Å². The third kappa shape index (κ3) is 3.65. The molecule has 2 aromatic heterocycles. The number of carbonyl (C=O) groups excluding carboxylic acids is 1. The molecule has 0 bridgehead atoms. The van der Waals surface area contributed by atoms with Gasteiger partial charge in [0.15, 0.2) is 0 Å². The minimum atomic E-state index is -0.417. The zero-order chi connectivity index (χ0) is 17.2. The predicted molar refractivity (Wildman–Crippen MR) is 96.7 cm³/mol. The normalized spacial score (nSPS) is 11.3. The van der Waals surface area contributed by atoms with Gasteiger partial charge < -0.3 is 5.32 Å². The molecule has 0 aliphatic carbocycles. The van der Waals surface area contributed by atoms with Crippen LogP contribution in [0.25, 0.3) is 22.0 Å². The third-order valence-corrected chi connectivity index (χ3v) is 4.27. The van der Waals surface area contributed by atoms with Crippen LogP contribution in [0.3, 0.4) is 0 Å². The van der Waals surface area contributed by atoms with E-state index in [4.69, 9.17) is 0 Å². The second-order valence-corrected chi connectivity index (χ2v) is 7.27. The van der Waals surface area contributed by atoms with Gasteiger partial charge in [-0.05, 0) is 12.1 Å². The highest BCUT2D eigenvalue weighted by molar-refractivity contribution is 7.13. The summed E-state index contributed by atoms with van der Waals surface area (Å²) < 4.78 is 0. The summed E-state index contributed by atoms with van der Waals surface area (Å²) in [6.07, 6.45) is 5.00. The van der Waals surface area contributed by atoms with Gasteiger partial charge in [0, 0.05) is 34.4 Å². The Morgan fingerprint density at radius 3 is 2.46 bits per heavy atom. The molecule has 0 aliphatic heterocycles. The summed E-state index contributed by atoms with van der Waals surface area (Å²) in [4.78, 5) is 25.0. The number of hydrogen-bond donors (Lipinski definition) is 1. The Balaban J connectivity index is 1.77. The first kappa shape index (κ1) is 16.3. The van der Waals surface area contributed by atoms with Crippen molar-refractivity contribution < 1.29 is 4.79 Å². The first-order valence-electron chi connectivity index (χ1n) is 7.57. The van der Waals surface area contributed by atoms with Crippen molar-refractivity contribution in [2.45, 2.75) is 20.8 Å². The van der Waals surface area contributed by atoms with E-state index in [1.807, 2.05) is 50.4 Å². The van der Waals surface area contributed by atoms with Crippen molar-refractivity contribution >= 4 is 22.9 Å². The zero-order valence-electron chi connectivity index (χ0n) is 13.8. The maximum Gasteiger partial charge on any atom is 0.229 e. The lowest BCUT2D eigenvalue weighted by Gasteiger charge is -2.17. The quantitative estimate of drug-likeness (QED) is 0.775.